The van der Waals surface area contributed by atoms with Gasteiger partial charge in [-0.2, -0.15) is 0 Å². The summed E-state index contributed by atoms with van der Waals surface area (Å²) in [5, 5.41) is 2.87. The summed E-state index contributed by atoms with van der Waals surface area (Å²) >= 11 is 17.7. The molecule has 0 aliphatic carbocycles. The maximum absolute atomic E-state index is 12.0. The van der Waals surface area contributed by atoms with Crippen LogP contribution in [0, 0.1) is 6.92 Å². The van der Waals surface area contributed by atoms with Crippen LogP contribution in [0.5, 0.6) is 0 Å². The Bertz CT molecular complexity index is 745. The molecule has 1 amide bonds. The van der Waals surface area contributed by atoms with E-state index in [1.54, 1.807) is 12.1 Å². The molecule has 0 bridgehead atoms. The molecule has 0 radical (unpaired) electrons. The van der Waals surface area contributed by atoms with Crippen molar-refractivity contribution in [2.24, 2.45) is 0 Å². The number of carbonyl (C=O) groups excluding carboxylic acids is 2. The van der Waals surface area contributed by atoms with E-state index in [0.717, 1.165) is 5.56 Å². The lowest BCUT2D eigenvalue weighted by Gasteiger charge is -2.09. The smallest absolute Gasteiger partial charge is 0.341 e. The van der Waals surface area contributed by atoms with E-state index in [-0.39, 0.29) is 20.6 Å². The van der Waals surface area contributed by atoms with Crippen LogP contribution in [-0.4, -0.2) is 18.5 Å². The second kappa shape index (κ2) is 7.68. The third-order valence-corrected chi connectivity index (χ3v) is 4.04. The number of rotatable bonds is 4. The number of benzene rings is 2. The number of anilines is 1. The number of hydrogen-bond donors (Lipinski definition) is 1. The van der Waals surface area contributed by atoms with Gasteiger partial charge in [0.2, 0.25) is 0 Å². The third-order valence-electron chi connectivity index (χ3n) is 2.92. The van der Waals surface area contributed by atoms with Gasteiger partial charge in [-0.15, -0.1) is 0 Å². The second-order valence-electron chi connectivity index (χ2n) is 4.71. The maximum Gasteiger partial charge on any atom is 0.341 e. The van der Waals surface area contributed by atoms with Crippen LogP contribution in [0.15, 0.2) is 36.4 Å². The van der Waals surface area contributed by atoms with Crippen LogP contribution in [0.25, 0.3) is 0 Å². The number of ether oxygens (including phenoxy) is 1. The van der Waals surface area contributed by atoms with Gasteiger partial charge in [0, 0.05) is 5.69 Å². The molecule has 0 saturated heterocycles. The summed E-state index contributed by atoms with van der Waals surface area (Å²) in [6, 6.07) is 10.1. The molecule has 2 aromatic rings. The Morgan fingerprint density at radius 3 is 2.26 bits per heavy atom. The molecule has 0 atom stereocenters. The number of amides is 1. The van der Waals surface area contributed by atoms with Crippen molar-refractivity contribution in [1.29, 1.82) is 0 Å². The van der Waals surface area contributed by atoms with E-state index in [1.807, 2.05) is 19.1 Å². The summed E-state index contributed by atoms with van der Waals surface area (Å²) in [6.07, 6.45) is 0. The minimum absolute atomic E-state index is 0.0110. The molecule has 0 aliphatic rings. The van der Waals surface area contributed by atoms with Gasteiger partial charge in [-0.25, -0.2) is 4.79 Å². The predicted octanol–water partition coefficient (Wildman–Crippen LogP) is 4.75. The quantitative estimate of drug-likeness (QED) is 0.622. The third kappa shape index (κ3) is 4.61. The van der Waals surface area contributed by atoms with Crippen molar-refractivity contribution in [1.82, 2.24) is 0 Å². The van der Waals surface area contributed by atoms with E-state index >= 15 is 0 Å². The van der Waals surface area contributed by atoms with Crippen molar-refractivity contribution in [2.75, 3.05) is 11.9 Å². The maximum atomic E-state index is 12.0. The van der Waals surface area contributed by atoms with Crippen LogP contribution < -0.4 is 5.32 Å². The second-order valence-corrected chi connectivity index (χ2v) is 5.90. The molecular weight excluding hydrogens is 361 g/mol. The first kappa shape index (κ1) is 17.6. The molecule has 2 rings (SSSR count). The molecule has 0 saturated carbocycles. The Morgan fingerprint density at radius 2 is 1.61 bits per heavy atom. The molecule has 0 unspecified atom stereocenters. The van der Waals surface area contributed by atoms with E-state index < -0.39 is 18.5 Å². The lowest BCUT2D eigenvalue weighted by Crippen LogP contribution is -2.21. The highest BCUT2D eigenvalue weighted by Gasteiger charge is 2.19. The Hall–Kier alpha value is -1.75. The Balaban J connectivity index is 1.98. The fraction of sp³-hybridized carbons (Fsp3) is 0.125. The van der Waals surface area contributed by atoms with Gasteiger partial charge in [-0.3, -0.25) is 4.79 Å². The summed E-state index contributed by atoms with van der Waals surface area (Å²) in [5.41, 5.74) is 1.61. The van der Waals surface area contributed by atoms with E-state index in [0.29, 0.717) is 5.69 Å². The van der Waals surface area contributed by atoms with Gasteiger partial charge in [0.25, 0.3) is 5.91 Å². The normalized spacial score (nSPS) is 10.3. The predicted molar refractivity (Wildman–Crippen MR) is 91.6 cm³/mol. The van der Waals surface area contributed by atoms with Crippen molar-refractivity contribution in [3.8, 4) is 0 Å². The first-order valence-corrected chi connectivity index (χ1v) is 7.69. The van der Waals surface area contributed by atoms with E-state index in [2.05, 4.69) is 5.32 Å². The standard InChI is InChI=1S/C16H12Cl3NO3/c1-9-2-4-10(5-3-9)20-13(21)8-23-16(22)14-11(17)6-7-12(18)15(14)19/h2-7H,8H2,1H3,(H,20,21). The Kier molecular flexibility index (Phi) is 5.88. The van der Waals surface area contributed by atoms with Gasteiger partial charge < -0.3 is 10.1 Å². The molecule has 0 fully saturated rings. The lowest BCUT2D eigenvalue weighted by molar-refractivity contribution is -0.119. The van der Waals surface area contributed by atoms with Gasteiger partial charge in [0.1, 0.15) is 0 Å². The van der Waals surface area contributed by atoms with Crippen molar-refractivity contribution in [3.05, 3.63) is 62.6 Å². The van der Waals surface area contributed by atoms with Crippen LogP contribution in [0.2, 0.25) is 15.1 Å². The monoisotopic (exact) mass is 371 g/mol. The van der Waals surface area contributed by atoms with Gasteiger partial charge in [-0.05, 0) is 31.2 Å². The highest BCUT2D eigenvalue weighted by atomic mass is 35.5. The number of carbonyl (C=O) groups is 2. The van der Waals surface area contributed by atoms with E-state index in [9.17, 15) is 9.59 Å². The van der Waals surface area contributed by atoms with E-state index in [4.69, 9.17) is 39.5 Å². The first-order valence-electron chi connectivity index (χ1n) is 6.55. The minimum atomic E-state index is -0.818. The number of aryl methyl sites for hydroxylation is 1. The topological polar surface area (TPSA) is 55.4 Å². The zero-order valence-electron chi connectivity index (χ0n) is 12.0. The molecule has 23 heavy (non-hydrogen) atoms. The van der Waals surface area contributed by atoms with Gasteiger partial charge in [-0.1, -0.05) is 52.5 Å². The zero-order chi connectivity index (χ0) is 17.0. The summed E-state index contributed by atoms with van der Waals surface area (Å²) < 4.78 is 4.92. The molecular formula is C16H12Cl3NO3. The van der Waals surface area contributed by atoms with Crippen molar-refractivity contribution >= 4 is 52.4 Å². The molecule has 120 valence electrons. The highest BCUT2D eigenvalue weighted by molar-refractivity contribution is 6.46. The van der Waals surface area contributed by atoms with Crippen molar-refractivity contribution in [3.63, 3.8) is 0 Å². The summed E-state index contributed by atoms with van der Waals surface area (Å²) in [4.78, 5) is 23.8. The minimum Gasteiger partial charge on any atom is -0.452 e. The molecule has 0 aromatic heterocycles. The van der Waals surface area contributed by atoms with Gasteiger partial charge in [0.15, 0.2) is 6.61 Å². The Morgan fingerprint density at radius 1 is 1.00 bits per heavy atom. The fourth-order valence-corrected chi connectivity index (χ4v) is 2.43. The number of nitrogens with one attached hydrogen (secondary N) is 1. The lowest BCUT2D eigenvalue weighted by atomic mass is 10.2. The van der Waals surface area contributed by atoms with E-state index in [1.165, 1.54) is 12.1 Å². The number of esters is 1. The molecule has 4 nitrogen and oxygen atoms in total. The first-order chi connectivity index (χ1) is 10.9. The number of hydrogen-bond acceptors (Lipinski definition) is 3. The van der Waals surface area contributed by atoms with Crippen LogP contribution in [0.4, 0.5) is 5.69 Å². The molecule has 2 aromatic carbocycles. The van der Waals surface area contributed by atoms with Gasteiger partial charge in [0.05, 0.1) is 20.6 Å². The molecule has 0 aliphatic heterocycles. The average Bonchev–Trinajstić information content (AvgIpc) is 2.51. The SMILES string of the molecule is Cc1ccc(NC(=O)COC(=O)c2c(Cl)ccc(Cl)c2Cl)cc1. The van der Waals surface area contributed by atoms with Crippen molar-refractivity contribution < 1.29 is 14.3 Å². The van der Waals surface area contributed by atoms with Crippen LogP contribution in [0.1, 0.15) is 15.9 Å². The van der Waals surface area contributed by atoms with Gasteiger partial charge >= 0.3 is 5.97 Å². The fourth-order valence-electron chi connectivity index (χ4n) is 1.75. The molecule has 1 N–H and O–H groups in total. The summed E-state index contributed by atoms with van der Waals surface area (Å²) in [6.45, 7) is 1.47. The summed E-state index contributed by atoms with van der Waals surface area (Å²) in [5.74, 6) is -1.29. The molecule has 7 heteroatoms. The molecule has 0 heterocycles. The largest absolute Gasteiger partial charge is 0.452 e. The summed E-state index contributed by atoms with van der Waals surface area (Å²) in [7, 11) is 0. The zero-order valence-corrected chi connectivity index (χ0v) is 14.3. The molecule has 0 spiro atoms. The Labute approximate surface area is 148 Å². The van der Waals surface area contributed by atoms with Crippen LogP contribution in [-0.2, 0) is 9.53 Å². The van der Waals surface area contributed by atoms with Crippen LogP contribution in [0.3, 0.4) is 0 Å². The van der Waals surface area contributed by atoms with Crippen LogP contribution >= 0.6 is 34.8 Å². The number of halogens is 3. The van der Waals surface area contributed by atoms with Crippen molar-refractivity contribution in [2.45, 2.75) is 6.92 Å². The average molecular weight is 373 g/mol. The highest BCUT2D eigenvalue weighted by Crippen LogP contribution is 2.31.